The third-order valence-electron chi connectivity index (χ3n) is 2.48. The van der Waals surface area contributed by atoms with Crippen LogP contribution in [0.4, 0.5) is 5.82 Å². The largest absolute Gasteiger partial charge is 0.385 e. The summed E-state index contributed by atoms with van der Waals surface area (Å²) in [5, 5.41) is 0. The average Bonchev–Trinajstić information content (AvgIpc) is 2.63. The minimum absolute atomic E-state index is 0.0240. The van der Waals surface area contributed by atoms with Crippen molar-refractivity contribution in [1.29, 1.82) is 0 Å². The van der Waals surface area contributed by atoms with Crippen LogP contribution in [0.2, 0.25) is 0 Å². The number of hydrogen-bond acceptors (Lipinski definition) is 4. The molecule has 2 rings (SSSR count). The summed E-state index contributed by atoms with van der Waals surface area (Å²) in [6.07, 6.45) is 1.95. The summed E-state index contributed by atoms with van der Waals surface area (Å²) < 4.78 is 6.72. The van der Waals surface area contributed by atoms with Crippen LogP contribution in [0.1, 0.15) is 12.8 Å². The van der Waals surface area contributed by atoms with Crippen LogP contribution in [0, 0.1) is 0 Å². The number of H-pyrrole nitrogens is 1. The summed E-state index contributed by atoms with van der Waals surface area (Å²) in [6.45, 7) is 1.13. The van der Waals surface area contributed by atoms with Crippen molar-refractivity contribution in [2.45, 2.75) is 25.5 Å². The van der Waals surface area contributed by atoms with E-state index in [1.165, 1.54) is 10.6 Å². The molecule has 3 N–H and O–H groups in total. The summed E-state index contributed by atoms with van der Waals surface area (Å²) in [7, 11) is 0. The van der Waals surface area contributed by atoms with Gasteiger partial charge in [0.15, 0.2) is 0 Å². The number of aromatic nitrogens is 2. The summed E-state index contributed by atoms with van der Waals surface area (Å²) in [4.78, 5) is 24.5. The maximum absolute atomic E-state index is 11.4. The Labute approximate surface area is 85.7 Å². The second kappa shape index (κ2) is 3.90. The Hall–Kier alpha value is -1.56. The maximum atomic E-state index is 11.4. The second-order valence-corrected chi connectivity index (χ2v) is 3.61. The lowest BCUT2D eigenvalue weighted by atomic mass is 10.2. The molecular formula is C9H13N3O3. The van der Waals surface area contributed by atoms with E-state index < -0.39 is 11.2 Å². The highest BCUT2D eigenvalue weighted by Crippen LogP contribution is 2.13. The molecule has 1 aromatic rings. The van der Waals surface area contributed by atoms with Gasteiger partial charge in [-0.05, 0) is 12.8 Å². The fourth-order valence-electron chi connectivity index (χ4n) is 1.72. The lowest BCUT2D eigenvalue weighted by Gasteiger charge is -2.12. The van der Waals surface area contributed by atoms with Gasteiger partial charge in [0.25, 0.3) is 5.56 Å². The van der Waals surface area contributed by atoms with Gasteiger partial charge in [-0.2, -0.15) is 0 Å². The Morgan fingerprint density at radius 2 is 2.40 bits per heavy atom. The number of nitrogens with zero attached hydrogens (tertiary/aromatic N) is 1. The number of rotatable bonds is 2. The minimum Gasteiger partial charge on any atom is -0.385 e. The molecular weight excluding hydrogens is 198 g/mol. The van der Waals surface area contributed by atoms with E-state index in [0.717, 1.165) is 19.4 Å². The van der Waals surface area contributed by atoms with Gasteiger partial charge in [-0.3, -0.25) is 14.3 Å². The van der Waals surface area contributed by atoms with E-state index in [0.29, 0.717) is 6.54 Å². The van der Waals surface area contributed by atoms with Crippen molar-refractivity contribution in [2.75, 3.05) is 12.3 Å². The van der Waals surface area contributed by atoms with E-state index in [1.54, 1.807) is 0 Å². The fourth-order valence-corrected chi connectivity index (χ4v) is 1.72. The molecule has 0 aliphatic carbocycles. The van der Waals surface area contributed by atoms with Gasteiger partial charge in [0.1, 0.15) is 5.82 Å². The first-order valence-electron chi connectivity index (χ1n) is 4.88. The molecule has 82 valence electrons. The monoisotopic (exact) mass is 211 g/mol. The molecule has 1 atom stereocenters. The Morgan fingerprint density at radius 3 is 3.00 bits per heavy atom. The van der Waals surface area contributed by atoms with Crippen LogP contribution in [0.25, 0.3) is 0 Å². The number of hydrogen-bond donors (Lipinski definition) is 2. The number of nitrogens with one attached hydrogen (secondary N) is 1. The van der Waals surface area contributed by atoms with Crippen LogP contribution in [0.15, 0.2) is 15.7 Å². The van der Waals surface area contributed by atoms with E-state index >= 15 is 0 Å². The molecule has 0 bridgehead atoms. The lowest BCUT2D eigenvalue weighted by molar-refractivity contribution is 0.0963. The molecule has 1 aliphatic heterocycles. The van der Waals surface area contributed by atoms with Crippen molar-refractivity contribution in [3.8, 4) is 0 Å². The Morgan fingerprint density at radius 1 is 1.60 bits per heavy atom. The van der Waals surface area contributed by atoms with E-state index in [9.17, 15) is 9.59 Å². The molecule has 0 spiro atoms. The Balaban J connectivity index is 2.27. The number of ether oxygens (including phenoxy) is 1. The molecule has 0 saturated carbocycles. The first kappa shape index (κ1) is 9.97. The summed E-state index contributed by atoms with van der Waals surface area (Å²) in [5.41, 5.74) is 4.64. The van der Waals surface area contributed by atoms with Crippen molar-refractivity contribution in [3.63, 3.8) is 0 Å². The van der Waals surface area contributed by atoms with Crippen molar-refractivity contribution < 1.29 is 4.74 Å². The van der Waals surface area contributed by atoms with Crippen molar-refractivity contribution >= 4 is 5.82 Å². The summed E-state index contributed by atoms with van der Waals surface area (Å²) in [5.74, 6) is 0.180. The minimum atomic E-state index is -0.476. The highest BCUT2D eigenvalue weighted by molar-refractivity contribution is 5.26. The van der Waals surface area contributed by atoms with Gasteiger partial charge < -0.3 is 10.5 Å². The topological polar surface area (TPSA) is 90.1 Å². The van der Waals surface area contributed by atoms with Gasteiger partial charge in [0, 0.05) is 12.7 Å². The van der Waals surface area contributed by atoms with Crippen molar-refractivity contribution in [3.05, 3.63) is 26.9 Å². The maximum Gasteiger partial charge on any atom is 0.329 e. The predicted molar refractivity (Wildman–Crippen MR) is 54.7 cm³/mol. The second-order valence-electron chi connectivity index (χ2n) is 3.61. The molecule has 1 aromatic heterocycles. The zero-order valence-corrected chi connectivity index (χ0v) is 8.23. The van der Waals surface area contributed by atoms with Crippen LogP contribution < -0.4 is 17.0 Å². The molecule has 0 amide bonds. The predicted octanol–water partition coefficient (Wildman–Crippen LogP) is -0.702. The average molecular weight is 211 g/mol. The first-order valence-corrected chi connectivity index (χ1v) is 4.88. The van der Waals surface area contributed by atoms with Crippen LogP contribution >= 0.6 is 0 Å². The highest BCUT2D eigenvalue weighted by Gasteiger charge is 2.17. The van der Waals surface area contributed by atoms with Gasteiger partial charge in [-0.15, -0.1) is 0 Å². The molecule has 0 aromatic carbocycles. The summed E-state index contributed by atoms with van der Waals surface area (Å²) >= 11 is 0. The first-order chi connectivity index (χ1) is 7.16. The molecule has 0 radical (unpaired) electrons. The number of nitrogen functional groups attached to an aromatic ring is 1. The summed E-state index contributed by atoms with van der Waals surface area (Å²) in [6, 6.07) is 1.20. The standard InChI is InChI=1S/C9H13N3O3/c10-7-4-8(13)11-9(14)12(7)5-6-2-1-3-15-6/h4,6H,1-3,5,10H2,(H,11,13,14). The van der Waals surface area contributed by atoms with E-state index in [1.807, 2.05) is 0 Å². The number of anilines is 1. The smallest absolute Gasteiger partial charge is 0.329 e. The van der Waals surface area contributed by atoms with Gasteiger partial charge in [0.2, 0.25) is 0 Å². The molecule has 2 heterocycles. The zero-order chi connectivity index (χ0) is 10.8. The fraction of sp³-hybridized carbons (Fsp3) is 0.556. The quantitative estimate of drug-likeness (QED) is 0.676. The molecule has 6 nitrogen and oxygen atoms in total. The van der Waals surface area contributed by atoms with Crippen LogP contribution in [-0.4, -0.2) is 22.3 Å². The van der Waals surface area contributed by atoms with Gasteiger partial charge in [-0.25, -0.2) is 4.79 Å². The van der Waals surface area contributed by atoms with Crippen molar-refractivity contribution in [1.82, 2.24) is 9.55 Å². The Kier molecular flexibility index (Phi) is 2.59. The van der Waals surface area contributed by atoms with Gasteiger partial charge in [0.05, 0.1) is 12.6 Å². The van der Waals surface area contributed by atoms with Gasteiger partial charge in [-0.1, -0.05) is 0 Å². The van der Waals surface area contributed by atoms with E-state index in [2.05, 4.69) is 4.98 Å². The van der Waals surface area contributed by atoms with E-state index in [4.69, 9.17) is 10.5 Å². The van der Waals surface area contributed by atoms with Crippen molar-refractivity contribution in [2.24, 2.45) is 0 Å². The molecule has 1 unspecified atom stereocenters. The molecule has 1 aliphatic rings. The zero-order valence-electron chi connectivity index (χ0n) is 8.23. The SMILES string of the molecule is Nc1cc(=O)[nH]c(=O)n1CC1CCCO1. The van der Waals surface area contributed by atoms with Crippen LogP contribution in [0.3, 0.4) is 0 Å². The molecule has 1 fully saturated rings. The Bertz CT molecular complexity index is 456. The molecule has 1 saturated heterocycles. The number of nitrogens with two attached hydrogens (primary N) is 1. The molecule has 15 heavy (non-hydrogen) atoms. The van der Waals surface area contributed by atoms with Crippen LogP contribution in [0.5, 0.6) is 0 Å². The third kappa shape index (κ3) is 2.10. The van der Waals surface area contributed by atoms with Gasteiger partial charge >= 0.3 is 5.69 Å². The molecule has 6 heteroatoms. The van der Waals surface area contributed by atoms with E-state index in [-0.39, 0.29) is 11.9 Å². The third-order valence-corrected chi connectivity index (χ3v) is 2.48. The number of aromatic amines is 1. The normalized spacial score (nSPS) is 20.7. The van der Waals surface area contributed by atoms with Crippen LogP contribution in [-0.2, 0) is 11.3 Å². The lowest BCUT2D eigenvalue weighted by Crippen LogP contribution is -2.34. The highest BCUT2D eigenvalue weighted by atomic mass is 16.5.